The molecular formula is C21H22N8O2. The van der Waals surface area contributed by atoms with Crippen LogP contribution in [0.2, 0.25) is 0 Å². The maximum atomic E-state index is 12.8. The largest absolute Gasteiger partial charge is 0.378 e. The third-order valence-electron chi connectivity index (χ3n) is 5.26. The van der Waals surface area contributed by atoms with Crippen molar-refractivity contribution in [2.45, 2.75) is 6.92 Å². The Labute approximate surface area is 178 Å². The number of hydrogen-bond donors (Lipinski definition) is 1. The lowest BCUT2D eigenvalue weighted by atomic mass is 10.1. The van der Waals surface area contributed by atoms with Crippen molar-refractivity contribution in [2.24, 2.45) is 7.05 Å². The van der Waals surface area contributed by atoms with Crippen LogP contribution in [0.4, 0.5) is 11.6 Å². The van der Waals surface area contributed by atoms with Gasteiger partial charge in [-0.25, -0.2) is 4.52 Å². The quantitative estimate of drug-likeness (QED) is 0.541. The number of rotatable bonds is 4. The van der Waals surface area contributed by atoms with E-state index in [4.69, 9.17) is 4.74 Å². The third-order valence-corrected chi connectivity index (χ3v) is 5.26. The lowest BCUT2D eigenvalue weighted by molar-refractivity contribution is 0.0302. The summed E-state index contributed by atoms with van der Waals surface area (Å²) in [5.41, 5.74) is 4.72. The Balaban J connectivity index is 1.40. The van der Waals surface area contributed by atoms with Crippen LogP contribution in [0.5, 0.6) is 0 Å². The van der Waals surface area contributed by atoms with Gasteiger partial charge in [0.2, 0.25) is 5.95 Å². The van der Waals surface area contributed by atoms with Crippen LogP contribution < -0.4 is 5.32 Å². The van der Waals surface area contributed by atoms with Gasteiger partial charge in [-0.15, -0.1) is 5.10 Å². The lowest BCUT2D eigenvalue weighted by Crippen LogP contribution is -2.40. The van der Waals surface area contributed by atoms with Gasteiger partial charge in [0, 0.05) is 43.1 Å². The van der Waals surface area contributed by atoms with E-state index in [2.05, 4.69) is 25.5 Å². The Morgan fingerprint density at radius 2 is 2.00 bits per heavy atom. The van der Waals surface area contributed by atoms with Crippen molar-refractivity contribution in [3.63, 3.8) is 0 Å². The molecule has 1 amide bonds. The van der Waals surface area contributed by atoms with Crippen molar-refractivity contribution in [1.82, 2.24) is 34.3 Å². The number of hydrogen-bond acceptors (Lipinski definition) is 7. The summed E-state index contributed by atoms with van der Waals surface area (Å²) in [6, 6.07) is 5.64. The molecule has 1 aliphatic heterocycles. The third kappa shape index (κ3) is 3.73. The molecule has 158 valence electrons. The number of amides is 1. The van der Waals surface area contributed by atoms with Gasteiger partial charge in [0.15, 0.2) is 5.65 Å². The zero-order valence-corrected chi connectivity index (χ0v) is 17.3. The molecule has 1 fully saturated rings. The average Bonchev–Trinajstić information content (AvgIpc) is 3.39. The molecule has 10 nitrogen and oxygen atoms in total. The van der Waals surface area contributed by atoms with Crippen LogP contribution in [-0.2, 0) is 11.8 Å². The normalized spacial score (nSPS) is 14.2. The van der Waals surface area contributed by atoms with Crippen LogP contribution in [0.25, 0.3) is 16.9 Å². The van der Waals surface area contributed by atoms with Gasteiger partial charge >= 0.3 is 0 Å². The van der Waals surface area contributed by atoms with Crippen LogP contribution in [0.1, 0.15) is 15.9 Å². The second kappa shape index (κ2) is 7.80. The Kier molecular flexibility index (Phi) is 4.83. The molecule has 4 aromatic rings. The summed E-state index contributed by atoms with van der Waals surface area (Å²) in [4.78, 5) is 23.4. The fourth-order valence-electron chi connectivity index (χ4n) is 3.66. The minimum absolute atomic E-state index is 0.0328. The van der Waals surface area contributed by atoms with Crippen molar-refractivity contribution in [3.05, 3.63) is 54.1 Å². The van der Waals surface area contributed by atoms with E-state index in [1.807, 2.05) is 43.3 Å². The molecule has 1 aliphatic rings. The molecule has 31 heavy (non-hydrogen) atoms. The minimum Gasteiger partial charge on any atom is -0.378 e. The monoisotopic (exact) mass is 418 g/mol. The van der Waals surface area contributed by atoms with Crippen molar-refractivity contribution >= 4 is 23.2 Å². The second-order valence-corrected chi connectivity index (χ2v) is 7.46. The highest BCUT2D eigenvalue weighted by Gasteiger charge is 2.20. The summed E-state index contributed by atoms with van der Waals surface area (Å²) in [6.45, 7) is 4.34. The number of benzene rings is 1. The van der Waals surface area contributed by atoms with E-state index in [0.717, 1.165) is 22.5 Å². The number of aromatic nitrogens is 6. The molecule has 0 bridgehead atoms. The molecule has 1 aromatic carbocycles. The Hall–Kier alpha value is -3.79. The fraction of sp³-hybridized carbons (Fsp3) is 0.286. The average molecular weight is 418 g/mol. The lowest BCUT2D eigenvalue weighted by Gasteiger charge is -2.27. The van der Waals surface area contributed by atoms with Crippen LogP contribution in [0.15, 0.2) is 43.0 Å². The molecule has 0 unspecified atom stereocenters. The number of carbonyl (C=O) groups is 1. The summed E-state index contributed by atoms with van der Waals surface area (Å²) in [5, 5.41) is 12.0. The zero-order chi connectivity index (χ0) is 21.4. The van der Waals surface area contributed by atoms with E-state index in [1.54, 1.807) is 27.8 Å². The first-order valence-corrected chi connectivity index (χ1v) is 10.0. The second-order valence-electron chi connectivity index (χ2n) is 7.46. The van der Waals surface area contributed by atoms with Crippen LogP contribution in [-0.4, -0.2) is 66.5 Å². The van der Waals surface area contributed by atoms with E-state index >= 15 is 0 Å². The van der Waals surface area contributed by atoms with Crippen LogP contribution in [0, 0.1) is 6.92 Å². The first kappa shape index (κ1) is 19.2. The molecule has 0 radical (unpaired) electrons. The molecule has 3 aromatic heterocycles. The number of nitrogens with one attached hydrogen (secondary N) is 1. The summed E-state index contributed by atoms with van der Waals surface area (Å²) in [6.07, 6.45) is 7.06. The molecule has 0 saturated carbocycles. The van der Waals surface area contributed by atoms with Gasteiger partial charge in [-0.05, 0) is 30.7 Å². The van der Waals surface area contributed by atoms with Gasteiger partial charge in [0.25, 0.3) is 5.91 Å². The summed E-state index contributed by atoms with van der Waals surface area (Å²) in [5.74, 6) is 0.482. The van der Waals surface area contributed by atoms with Gasteiger partial charge in [-0.3, -0.25) is 14.5 Å². The van der Waals surface area contributed by atoms with E-state index in [1.165, 1.54) is 0 Å². The molecule has 1 saturated heterocycles. The summed E-state index contributed by atoms with van der Waals surface area (Å²) in [7, 11) is 1.86. The number of aryl methyl sites for hydroxylation is 2. The zero-order valence-electron chi connectivity index (χ0n) is 17.3. The predicted octanol–water partition coefficient (Wildman–Crippen LogP) is 2.05. The Bertz CT molecular complexity index is 1260. The Morgan fingerprint density at radius 3 is 2.74 bits per heavy atom. The predicted molar refractivity (Wildman–Crippen MR) is 114 cm³/mol. The molecule has 10 heteroatoms. The first-order chi connectivity index (χ1) is 15.1. The number of ether oxygens (including phenoxy) is 1. The van der Waals surface area contributed by atoms with Gasteiger partial charge in [0.05, 0.1) is 37.5 Å². The molecule has 4 heterocycles. The summed E-state index contributed by atoms with van der Waals surface area (Å²) >= 11 is 0. The topological polar surface area (TPSA) is 102 Å². The maximum absolute atomic E-state index is 12.8. The van der Waals surface area contributed by atoms with Crippen molar-refractivity contribution in [2.75, 3.05) is 31.6 Å². The fourth-order valence-corrected chi connectivity index (χ4v) is 3.66. The minimum atomic E-state index is 0.0328. The number of nitrogens with zero attached hydrogens (tertiary/aromatic N) is 7. The highest BCUT2D eigenvalue weighted by molar-refractivity contribution is 5.96. The number of anilines is 2. The number of morpholine rings is 1. The molecule has 0 spiro atoms. The van der Waals surface area contributed by atoms with E-state index < -0.39 is 0 Å². The number of carbonyl (C=O) groups excluding carboxylic acids is 1. The van der Waals surface area contributed by atoms with E-state index in [0.29, 0.717) is 43.5 Å². The van der Waals surface area contributed by atoms with E-state index in [9.17, 15) is 4.79 Å². The first-order valence-electron chi connectivity index (χ1n) is 10.0. The molecule has 1 N–H and O–H groups in total. The standard InChI is InChI=1S/C21H22N8O2/c1-14-9-16(3-4-17(14)20(30)28-5-7-31-8-6-28)24-21-25-19-12-22-11-18(29(19)26-21)15-10-23-27(2)13-15/h3-4,9-13H,5-8H2,1-2H3,(H,24,26). The van der Waals surface area contributed by atoms with Gasteiger partial charge < -0.3 is 15.0 Å². The molecular weight excluding hydrogens is 396 g/mol. The number of fused-ring (bicyclic) bond motifs is 1. The maximum Gasteiger partial charge on any atom is 0.254 e. The van der Waals surface area contributed by atoms with Gasteiger partial charge in [-0.2, -0.15) is 10.1 Å². The van der Waals surface area contributed by atoms with Gasteiger partial charge in [0.1, 0.15) is 0 Å². The smallest absolute Gasteiger partial charge is 0.254 e. The van der Waals surface area contributed by atoms with Crippen molar-refractivity contribution < 1.29 is 9.53 Å². The highest BCUT2D eigenvalue weighted by atomic mass is 16.5. The molecule has 5 rings (SSSR count). The van der Waals surface area contributed by atoms with Gasteiger partial charge in [-0.1, -0.05) is 0 Å². The summed E-state index contributed by atoms with van der Waals surface area (Å²) < 4.78 is 8.80. The SMILES string of the molecule is Cc1cc(Nc2nc3cncc(-c4cnn(C)c4)n3n2)ccc1C(=O)N1CCOCC1. The highest BCUT2D eigenvalue weighted by Crippen LogP contribution is 2.22. The van der Waals surface area contributed by atoms with Crippen LogP contribution in [0.3, 0.4) is 0 Å². The van der Waals surface area contributed by atoms with Crippen LogP contribution >= 0.6 is 0 Å². The molecule has 0 atom stereocenters. The van der Waals surface area contributed by atoms with E-state index in [-0.39, 0.29) is 5.91 Å². The van der Waals surface area contributed by atoms with Crippen molar-refractivity contribution in [3.8, 4) is 11.3 Å². The Morgan fingerprint density at radius 1 is 1.16 bits per heavy atom. The van der Waals surface area contributed by atoms with Crippen molar-refractivity contribution in [1.29, 1.82) is 0 Å². The molecule has 0 aliphatic carbocycles.